The number of benzene rings is 1. The monoisotopic (exact) mass is 217 g/mol. The largest absolute Gasteiger partial charge is 0.385 e. The Labute approximate surface area is 95.3 Å². The van der Waals surface area contributed by atoms with E-state index in [1.54, 1.807) is 6.07 Å². The van der Waals surface area contributed by atoms with Crippen LogP contribution in [-0.4, -0.2) is 19.0 Å². The second-order valence-corrected chi connectivity index (χ2v) is 3.24. The molecule has 0 spiro atoms. The van der Waals surface area contributed by atoms with Gasteiger partial charge in [0.05, 0.1) is 18.1 Å². The van der Waals surface area contributed by atoms with E-state index in [0.717, 1.165) is 12.2 Å². The van der Waals surface area contributed by atoms with Crippen molar-refractivity contribution in [2.24, 2.45) is 0 Å². The molecule has 0 fully saturated rings. The average Bonchev–Trinajstić information content (AvgIpc) is 2.30. The van der Waals surface area contributed by atoms with Gasteiger partial charge in [-0.05, 0) is 19.1 Å². The first kappa shape index (κ1) is 12.1. The van der Waals surface area contributed by atoms with Crippen molar-refractivity contribution >= 4 is 11.6 Å². The van der Waals surface area contributed by atoms with Crippen molar-refractivity contribution in [3.8, 4) is 6.07 Å². The molecule has 4 heteroatoms. The van der Waals surface area contributed by atoms with Crippen molar-refractivity contribution in [2.75, 3.05) is 18.4 Å². The fourth-order valence-corrected chi connectivity index (χ4v) is 1.35. The van der Waals surface area contributed by atoms with Gasteiger partial charge in [-0.1, -0.05) is 12.1 Å². The highest BCUT2D eigenvalue weighted by atomic mass is 16.1. The highest BCUT2D eigenvalue weighted by Gasteiger charge is 2.08. The van der Waals surface area contributed by atoms with Crippen LogP contribution in [-0.2, 0) is 0 Å². The lowest BCUT2D eigenvalue weighted by atomic mass is 10.1. The van der Waals surface area contributed by atoms with Crippen LogP contribution in [0.15, 0.2) is 24.3 Å². The van der Waals surface area contributed by atoms with Gasteiger partial charge in [0, 0.05) is 18.8 Å². The van der Waals surface area contributed by atoms with Crippen LogP contribution in [0.5, 0.6) is 0 Å². The maximum Gasteiger partial charge on any atom is 0.253 e. The SMILES string of the molecule is CCNc1ccccc1C(=O)NCCC#N. The third kappa shape index (κ3) is 3.28. The minimum Gasteiger partial charge on any atom is -0.385 e. The molecule has 2 N–H and O–H groups in total. The number of hydrogen-bond donors (Lipinski definition) is 2. The van der Waals surface area contributed by atoms with Crippen molar-refractivity contribution in [3.05, 3.63) is 29.8 Å². The van der Waals surface area contributed by atoms with E-state index >= 15 is 0 Å². The van der Waals surface area contributed by atoms with E-state index in [0.29, 0.717) is 18.5 Å². The number of nitriles is 1. The van der Waals surface area contributed by atoms with Gasteiger partial charge < -0.3 is 10.6 Å². The Morgan fingerprint density at radius 2 is 2.19 bits per heavy atom. The van der Waals surface area contributed by atoms with Crippen molar-refractivity contribution in [1.82, 2.24) is 5.32 Å². The number of hydrogen-bond acceptors (Lipinski definition) is 3. The zero-order valence-corrected chi connectivity index (χ0v) is 9.29. The zero-order chi connectivity index (χ0) is 11.8. The first-order valence-corrected chi connectivity index (χ1v) is 5.27. The molecule has 0 aliphatic heterocycles. The van der Waals surface area contributed by atoms with Crippen LogP contribution in [0.2, 0.25) is 0 Å². The van der Waals surface area contributed by atoms with E-state index in [4.69, 9.17) is 5.26 Å². The molecule has 1 aromatic carbocycles. The minimum absolute atomic E-state index is 0.146. The summed E-state index contributed by atoms with van der Waals surface area (Å²) in [5, 5.41) is 14.2. The number of nitrogens with zero attached hydrogens (tertiary/aromatic N) is 1. The lowest BCUT2D eigenvalue weighted by Crippen LogP contribution is -2.25. The van der Waals surface area contributed by atoms with Crippen LogP contribution in [0.1, 0.15) is 23.7 Å². The lowest BCUT2D eigenvalue weighted by Gasteiger charge is -2.09. The first-order chi connectivity index (χ1) is 7.79. The number of nitrogens with one attached hydrogen (secondary N) is 2. The maximum absolute atomic E-state index is 11.8. The van der Waals surface area contributed by atoms with Gasteiger partial charge in [0.25, 0.3) is 5.91 Å². The number of carbonyl (C=O) groups excluding carboxylic acids is 1. The van der Waals surface area contributed by atoms with Crippen molar-refractivity contribution < 1.29 is 4.79 Å². The Morgan fingerprint density at radius 1 is 1.44 bits per heavy atom. The molecular formula is C12H15N3O. The van der Waals surface area contributed by atoms with Crippen molar-refractivity contribution in [2.45, 2.75) is 13.3 Å². The molecule has 0 saturated heterocycles. The second kappa shape index (κ2) is 6.46. The summed E-state index contributed by atoms with van der Waals surface area (Å²) >= 11 is 0. The summed E-state index contributed by atoms with van der Waals surface area (Å²) in [6, 6.07) is 9.31. The fourth-order valence-electron chi connectivity index (χ4n) is 1.35. The zero-order valence-electron chi connectivity index (χ0n) is 9.29. The third-order valence-electron chi connectivity index (χ3n) is 2.06. The summed E-state index contributed by atoms with van der Waals surface area (Å²) in [5.41, 5.74) is 1.43. The van der Waals surface area contributed by atoms with Crippen LogP contribution >= 0.6 is 0 Å². The fraction of sp³-hybridized carbons (Fsp3) is 0.333. The summed E-state index contributed by atoms with van der Waals surface area (Å²) in [5.74, 6) is -0.146. The second-order valence-electron chi connectivity index (χ2n) is 3.24. The molecule has 16 heavy (non-hydrogen) atoms. The molecular weight excluding hydrogens is 202 g/mol. The van der Waals surface area contributed by atoms with E-state index in [-0.39, 0.29) is 5.91 Å². The minimum atomic E-state index is -0.146. The van der Waals surface area contributed by atoms with Gasteiger partial charge in [0.15, 0.2) is 0 Å². The quantitative estimate of drug-likeness (QED) is 0.739. The Morgan fingerprint density at radius 3 is 2.88 bits per heavy atom. The van der Waals surface area contributed by atoms with Gasteiger partial charge >= 0.3 is 0 Å². The molecule has 0 atom stereocenters. The van der Waals surface area contributed by atoms with Gasteiger partial charge in [-0.25, -0.2) is 0 Å². The molecule has 0 aromatic heterocycles. The lowest BCUT2D eigenvalue weighted by molar-refractivity contribution is 0.0955. The van der Waals surface area contributed by atoms with E-state index in [2.05, 4.69) is 10.6 Å². The number of anilines is 1. The maximum atomic E-state index is 11.8. The molecule has 0 saturated carbocycles. The van der Waals surface area contributed by atoms with Crippen LogP contribution in [0, 0.1) is 11.3 Å². The van der Waals surface area contributed by atoms with Crippen LogP contribution < -0.4 is 10.6 Å². The number of carbonyl (C=O) groups is 1. The molecule has 0 aliphatic rings. The van der Waals surface area contributed by atoms with Gasteiger partial charge in [-0.2, -0.15) is 5.26 Å². The number of rotatable bonds is 5. The molecule has 0 heterocycles. The highest BCUT2D eigenvalue weighted by Crippen LogP contribution is 2.14. The summed E-state index contributed by atoms with van der Waals surface area (Å²) in [4.78, 5) is 11.8. The normalized spacial score (nSPS) is 9.25. The summed E-state index contributed by atoms with van der Waals surface area (Å²) in [7, 11) is 0. The van der Waals surface area contributed by atoms with Crippen molar-refractivity contribution in [1.29, 1.82) is 5.26 Å². The Kier molecular flexibility index (Phi) is 4.87. The Hall–Kier alpha value is -2.02. The molecule has 1 rings (SSSR count). The van der Waals surface area contributed by atoms with E-state index in [1.165, 1.54) is 0 Å². The molecule has 4 nitrogen and oxygen atoms in total. The predicted octanol–water partition coefficient (Wildman–Crippen LogP) is 1.76. The van der Waals surface area contributed by atoms with Crippen LogP contribution in [0.25, 0.3) is 0 Å². The van der Waals surface area contributed by atoms with E-state index in [1.807, 2.05) is 31.2 Å². The first-order valence-electron chi connectivity index (χ1n) is 5.27. The number of para-hydroxylation sites is 1. The van der Waals surface area contributed by atoms with E-state index in [9.17, 15) is 4.79 Å². The van der Waals surface area contributed by atoms with Gasteiger partial charge in [-0.15, -0.1) is 0 Å². The molecule has 0 radical (unpaired) electrons. The molecule has 0 aliphatic carbocycles. The molecule has 1 amide bonds. The summed E-state index contributed by atoms with van der Waals surface area (Å²) < 4.78 is 0. The van der Waals surface area contributed by atoms with Crippen LogP contribution in [0.3, 0.4) is 0 Å². The molecule has 0 unspecified atom stereocenters. The van der Waals surface area contributed by atoms with Crippen LogP contribution in [0.4, 0.5) is 5.69 Å². The average molecular weight is 217 g/mol. The van der Waals surface area contributed by atoms with Gasteiger partial charge in [0.1, 0.15) is 0 Å². The molecule has 84 valence electrons. The molecule has 0 bridgehead atoms. The standard InChI is InChI=1S/C12H15N3O/c1-2-14-11-7-4-3-6-10(11)12(16)15-9-5-8-13/h3-4,6-7,14H,2,5,9H2,1H3,(H,15,16). The Bertz CT molecular complexity index is 395. The third-order valence-corrected chi connectivity index (χ3v) is 2.06. The summed E-state index contributed by atoms with van der Waals surface area (Å²) in [6.45, 7) is 3.13. The topological polar surface area (TPSA) is 64.9 Å². The summed E-state index contributed by atoms with van der Waals surface area (Å²) in [6.07, 6.45) is 0.328. The smallest absolute Gasteiger partial charge is 0.253 e. The van der Waals surface area contributed by atoms with Gasteiger partial charge in [0.2, 0.25) is 0 Å². The number of amides is 1. The molecule has 1 aromatic rings. The van der Waals surface area contributed by atoms with E-state index < -0.39 is 0 Å². The highest BCUT2D eigenvalue weighted by molar-refractivity contribution is 5.99. The Balaban J connectivity index is 2.70. The van der Waals surface area contributed by atoms with Gasteiger partial charge in [-0.3, -0.25) is 4.79 Å². The van der Waals surface area contributed by atoms with Crippen molar-refractivity contribution in [3.63, 3.8) is 0 Å². The predicted molar refractivity (Wildman–Crippen MR) is 63.2 cm³/mol.